The molecule has 2 aromatic carbocycles. The number of halogens is 1. The van der Waals surface area contributed by atoms with E-state index in [4.69, 9.17) is 4.42 Å². The fourth-order valence-electron chi connectivity index (χ4n) is 2.90. The summed E-state index contributed by atoms with van der Waals surface area (Å²) in [4.78, 5) is 18.8. The van der Waals surface area contributed by atoms with Gasteiger partial charge in [-0.1, -0.05) is 24.3 Å². The van der Waals surface area contributed by atoms with E-state index >= 15 is 0 Å². The lowest BCUT2D eigenvalue weighted by molar-refractivity contribution is -0.125. The molecular weight excluding hydrogens is 333 g/mol. The van der Waals surface area contributed by atoms with Gasteiger partial charge >= 0.3 is 0 Å². The van der Waals surface area contributed by atoms with Crippen molar-refractivity contribution in [3.05, 3.63) is 65.8 Å². The Morgan fingerprint density at radius 3 is 2.62 bits per heavy atom. The molecule has 0 radical (unpaired) electrons. The van der Waals surface area contributed by atoms with Gasteiger partial charge in [-0.05, 0) is 50.3 Å². The number of aromatic nitrogens is 1. The average Bonchev–Trinajstić information content (AvgIpc) is 3.03. The zero-order valence-corrected chi connectivity index (χ0v) is 14.9. The molecule has 1 heterocycles. The third-order valence-electron chi connectivity index (χ3n) is 4.16. The number of nitrogens with zero attached hydrogens (tertiary/aromatic N) is 2. The summed E-state index contributed by atoms with van der Waals surface area (Å²) in [6, 6.07) is 13.2. The quantitative estimate of drug-likeness (QED) is 0.661. The first kappa shape index (κ1) is 18.1. The van der Waals surface area contributed by atoms with Crippen molar-refractivity contribution in [1.29, 1.82) is 0 Å². The zero-order chi connectivity index (χ0) is 18.5. The van der Waals surface area contributed by atoms with Gasteiger partial charge in [0, 0.05) is 13.0 Å². The minimum atomic E-state index is -0.458. The number of aryl methyl sites for hydroxylation is 1. The number of para-hydroxylation sites is 2. The molecule has 0 aliphatic carbocycles. The Kier molecular flexibility index (Phi) is 5.63. The number of likely N-dealkylation sites (N-methyl/N-ethyl adjacent to an activating group) is 1. The summed E-state index contributed by atoms with van der Waals surface area (Å²) in [5, 5.41) is 2.94. The van der Waals surface area contributed by atoms with Gasteiger partial charge in [0.05, 0.1) is 0 Å². The number of nitrogens with one attached hydrogen (secondary N) is 1. The minimum Gasteiger partial charge on any atom is -0.441 e. The molecule has 0 unspecified atom stereocenters. The summed E-state index contributed by atoms with van der Waals surface area (Å²) >= 11 is 0. The van der Waals surface area contributed by atoms with Crippen LogP contribution >= 0.6 is 0 Å². The van der Waals surface area contributed by atoms with Crippen LogP contribution in [0, 0.1) is 5.82 Å². The molecule has 1 N–H and O–H groups in total. The van der Waals surface area contributed by atoms with E-state index in [2.05, 4.69) is 10.3 Å². The lowest BCUT2D eigenvalue weighted by Gasteiger charge is -2.23. The molecule has 1 atom stereocenters. The van der Waals surface area contributed by atoms with E-state index in [-0.39, 0.29) is 11.7 Å². The van der Waals surface area contributed by atoms with E-state index in [9.17, 15) is 9.18 Å². The summed E-state index contributed by atoms with van der Waals surface area (Å²) in [6.07, 6.45) is 1.38. The highest BCUT2D eigenvalue weighted by Gasteiger charge is 2.22. The van der Waals surface area contributed by atoms with Crippen LogP contribution < -0.4 is 5.32 Å². The molecule has 3 rings (SSSR count). The third kappa shape index (κ3) is 4.26. The van der Waals surface area contributed by atoms with Crippen LogP contribution in [0.2, 0.25) is 0 Å². The number of hydrogen-bond acceptors (Lipinski definition) is 4. The number of oxazole rings is 1. The van der Waals surface area contributed by atoms with Crippen LogP contribution in [0.25, 0.3) is 11.1 Å². The third-order valence-corrected chi connectivity index (χ3v) is 4.16. The minimum absolute atomic E-state index is 0.112. The number of carbonyl (C=O) groups is 1. The average molecular weight is 355 g/mol. The van der Waals surface area contributed by atoms with Crippen LogP contribution in [0.15, 0.2) is 52.9 Å². The van der Waals surface area contributed by atoms with Gasteiger partial charge in [-0.2, -0.15) is 0 Å². The smallest absolute Gasteiger partial charge is 0.241 e. The highest BCUT2D eigenvalue weighted by Crippen LogP contribution is 2.19. The SMILES string of the molecule is CN(C)[C@H](C(=O)NCCCc1nc2ccccc2o1)c1ccc(F)cc1. The van der Waals surface area contributed by atoms with E-state index in [1.54, 1.807) is 12.1 Å². The molecule has 0 fully saturated rings. The van der Waals surface area contributed by atoms with Gasteiger partial charge in [0.2, 0.25) is 5.91 Å². The molecule has 3 aromatic rings. The number of carbonyl (C=O) groups excluding carboxylic acids is 1. The number of hydrogen-bond donors (Lipinski definition) is 1. The molecule has 0 saturated heterocycles. The molecular formula is C20H22FN3O2. The van der Waals surface area contributed by atoms with E-state index < -0.39 is 6.04 Å². The Hall–Kier alpha value is -2.73. The van der Waals surface area contributed by atoms with Gasteiger partial charge in [0.15, 0.2) is 11.5 Å². The van der Waals surface area contributed by atoms with Gasteiger partial charge in [-0.15, -0.1) is 0 Å². The Labute approximate surface area is 151 Å². The van der Waals surface area contributed by atoms with Gasteiger partial charge in [-0.25, -0.2) is 9.37 Å². The number of fused-ring (bicyclic) bond motifs is 1. The van der Waals surface area contributed by atoms with Crippen molar-refractivity contribution < 1.29 is 13.6 Å². The second-order valence-corrected chi connectivity index (χ2v) is 6.39. The maximum atomic E-state index is 13.1. The molecule has 0 bridgehead atoms. The Morgan fingerprint density at radius 1 is 1.19 bits per heavy atom. The molecule has 136 valence electrons. The second-order valence-electron chi connectivity index (χ2n) is 6.39. The van der Waals surface area contributed by atoms with Gasteiger partial charge in [0.25, 0.3) is 0 Å². The van der Waals surface area contributed by atoms with Crippen molar-refractivity contribution in [3.8, 4) is 0 Å². The van der Waals surface area contributed by atoms with Crippen molar-refractivity contribution in [3.63, 3.8) is 0 Å². The maximum Gasteiger partial charge on any atom is 0.241 e. The molecule has 0 spiro atoms. The number of amides is 1. The van der Waals surface area contributed by atoms with Gasteiger partial charge in [0.1, 0.15) is 17.4 Å². The van der Waals surface area contributed by atoms with E-state index in [0.717, 1.165) is 23.1 Å². The first-order valence-corrected chi connectivity index (χ1v) is 8.58. The predicted octanol–water partition coefficient (Wildman–Crippen LogP) is 3.32. The second kappa shape index (κ2) is 8.10. The Morgan fingerprint density at radius 2 is 1.92 bits per heavy atom. The van der Waals surface area contributed by atoms with Crippen LogP contribution in [-0.2, 0) is 11.2 Å². The fourth-order valence-corrected chi connectivity index (χ4v) is 2.90. The van der Waals surface area contributed by atoms with E-state index in [1.807, 2.05) is 43.3 Å². The maximum absolute atomic E-state index is 13.1. The zero-order valence-electron chi connectivity index (χ0n) is 14.9. The van der Waals surface area contributed by atoms with E-state index in [1.165, 1.54) is 12.1 Å². The molecule has 1 aromatic heterocycles. The first-order chi connectivity index (χ1) is 12.5. The van der Waals surface area contributed by atoms with E-state index in [0.29, 0.717) is 18.9 Å². The molecule has 26 heavy (non-hydrogen) atoms. The van der Waals surface area contributed by atoms with Crippen LogP contribution in [0.1, 0.15) is 23.9 Å². The standard InChI is InChI=1S/C20H22FN3O2/c1-24(2)19(14-9-11-15(21)12-10-14)20(25)22-13-5-8-18-23-16-6-3-4-7-17(16)26-18/h3-4,6-7,9-12,19H,5,8,13H2,1-2H3,(H,22,25)/t19-/m0/s1. The molecule has 0 saturated carbocycles. The molecule has 5 nitrogen and oxygen atoms in total. The Balaban J connectivity index is 1.54. The van der Waals surface area contributed by atoms with Crippen LogP contribution in [0.3, 0.4) is 0 Å². The van der Waals surface area contributed by atoms with Crippen molar-refractivity contribution in [2.75, 3.05) is 20.6 Å². The molecule has 0 aliphatic rings. The molecule has 6 heteroatoms. The van der Waals surface area contributed by atoms with Crippen LogP contribution in [0.5, 0.6) is 0 Å². The van der Waals surface area contributed by atoms with Crippen molar-refractivity contribution in [2.45, 2.75) is 18.9 Å². The van der Waals surface area contributed by atoms with Crippen LogP contribution in [0.4, 0.5) is 4.39 Å². The topological polar surface area (TPSA) is 58.4 Å². The lowest BCUT2D eigenvalue weighted by Crippen LogP contribution is -2.37. The lowest BCUT2D eigenvalue weighted by atomic mass is 10.1. The summed E-state index contributed by atoms with van der Waals surface area (Å²) in [7, 11) is 3.65. The molecule has 0 aliphatic heterocycles. The summed E-state index contributed by atoms with van der Waals surface area (Å²) in [5.74, 6) is 0.243. The van der Waals surface area contributed by atoms with Crippen molar-refractivity contribution in [1.82, 2.24) is 15.2 Å². The fraction of sp³-hybridized carbons (Fsp3) is 0.300. The normalized spacial score (nSPS) is 12.5. The highest BCUT2D eigenvalue weighted by atomic mass is 19.1. The largest absolute Gasteiger partial charge is 0.441 e. The monoisotopic (exact) mass is 355 g/mol. The van der Waals surface area contributed by atoms with Gasteiger partial charge < -0.3 is 9.73 Å². The predicted molar refractivity (Wildman–Crippen MR) is 98.2 cm³/mol. The van der Waals surface area contributed by atoms with Crippen molar-refractivity contribution >= 4 is 17.0 Å². The number of benzene rings is 2. The molecule has 1 amide bonds. The summed E-state index contributed by atoms with van der Waals surface area (Å²) in [5.41, 5.74) is 2.37. The van der Waals surface area contributed by atoms with Crippen LogP contribution in [-0.4, -0.2) is 36.4 Å². The Bertz CT molecular complexity index is 841. The van der Waals surface area contributed by atoms with Crippen molar-refractivity contribution in [2.24, 2.45) is 0 Å². The number of rotatable bonds is 7. The summed E-state index contributed by atoms with van der Waals surface area (Å²) < 4.78 is 18.8. The summed E-state index contributed by atoms with van der Waals surface area (Å²) in [6.45, 7) is 0.517. The first-order valence-electron chi connectivity index (χ1n) is 8.58. The van der Waals surface area contributed by atoms with Gasteiger partial charge in [-0.3, -0.25) is 9.69 Å². The highest BCUT2D eigenvalue weighted by molar-refractivity contribution is 5.83.